The summed E-state index contributed by atoms with van der Waals surface area (Å²) in [5, 5.41) is 11.7. The van der Waals surface area contributed by atoms with Gasteiger partial charge >= 0.3 is 11.9 Å². The van der Waals surface area contributed by atoms with E-state index in [0.29, 0.717) is 17.4 Å². The van der Waals surface area contributed by atoms with Crippen LogP contribution in [-0.2, 0) is 33.3 Å². The maximum Gasteiger partial charge on any atom is 0.306 e. The number of carbonyl (C=O) groups is 3. The summed E-state index contributed by atoms with van der Waals surface area (Å²) < 4.78 is 22.6. The molecule has 2 atom stereocenters. The van der Waals surface area contributed by atoms with E-state index in [0.717, 1.165) is 122 Å². The van der Waals surface area contributed by atoms with Gasteiger partial charge in [-0.25, -0.2) is 0 Å². The van der Waals surface area contributed by atoms with Gasteiger partial charge in [0.2, 0.25) is 0 Å². The standard InChI is InChI=1S/C60H99NO8/c1-6-8-10-12-14-16-18-20-21-22-23-24-25-26-27-28-29-30-31-32-33-34-35-36-37-39-41-43-45-47-49-51-58(63)69-56(55-68-60(59(64)65)66-53-52-61(3,4)5)54-67-57(62)50-48-46-44-42-40-38-19-17-15-13-11-9-7-2/h8,10-11,13-14,16-17,19-21,23-24,26-27,29-30,32-33,56,60H,6-7,9,12,15,18,22,25,28,31,34-55H2,1-5H3/b10-8-,13-11-,16-14-,19-17-,21-20-,24-23-,27-26-,30-29-,33-32-. The first-order valence-corrected chi connectivity index (χ1v) is 27.0. The molecular weight excluding hydrogens is 863 g/mol. The number of rotatable bonds is 48. The lowest BCUT2D eigenvalue weighted by Gasteiger charge is -2.26. The van der Waals surface area contributed by atoms with Crippen molar-refractivity contribution in [2.24, 2.45) is 0 Å². The highest BCUT2D eigenvalue weighted by molar-refractivity contribution is 5.70. The lowest BCUT2D eigenvalue weighted by atomic mass is 10.1. The summed E-state index contributed by atoms with van der Waals surface area (Å²) in [6.45, 7) is 4.52. The zero-order chi connectivity index (χ0) is 50.6. The minimum absolute atomic E-state index is 0.138. The molecule has 0 radical (unpaired) electrons. The van der Waals surface area contributed by atoms with E-state index in [1.54, 1.807) is 0 Å². The second-order valence-electron chi connectivity index (χ2n) is 18.8. The summed E-state index contributed by atoms with van der Waals surface area (Å²) in [7, 11) is 5.90. The van der Waals surface area contributed by atoms with Gasteiger partial charge < -0.3 is 33.3 Å². The summed E-state index contributed by atoms with van der Waals surface area (Å²) in [5.41, 5.74) is 0. The minimum Gasteiger partial charge on any atom is -0.545 e. The summed E-state index contributed by atoms with van der Waals surface area (Å²) in [6.07, 6.45) is 65.6. The number of hydrogen-bond acceptors (Lipinski definition) is 8. The summed E-state index contributed by atoms with van der Waals surface area (Å²) in [4.78, 5) is 37.1. The molecule has 0 saturated carbocycles. The van der Waals surface area contributed by atoms with Crippen molar-refractivity contribution in [1.82, 2.24) is 0 Å². The van der Waals surface area contributed by atoms with Crippen LogP contribution in [0.5, 0.6) is 0 Å². The van der Waals surface area contributed by atoms with Gasteiger partial charge in [0.15, 0.2) is 12.4 Å². The molecule has 0 heterocycles. The highest BCUT2D eigenvalue weighted by Gasteiger charge is 2.22. The lowest BCUT2D eigenvalue weighted by Crippen LogP contribution is -2.44. The van der Waals surface area contributed by atoms with Crippen molar-refractivity contribution in [2.45, 2.75) is 206 Å². The minimum atomic E-state index is -1.63. The Balaban J connectivity index is 4.26. The molecule has 0 bridgehead atoms. The second kappa shape index (κ2) is 50.3. The van der Waals surface area contributed by atoms with Crippen molar-refractivity contribution in [3.63, 3.8) is 0 Å². The van der Waals surface area contributed by atoms with Crippen LogP contribution in [0.2, 0.25) is 0 Å². The molecule has 392 valence electrons. The predicted octanol–water partition coefficient (Wildman–Crippen LogP) is 14.2. The molecule has 0 saturated heterocycles. The average molecular weight is 962 g/mol. The number of allylic oxidation sites excluding steroid dienone is 18. The fraction of sp³-hybridized carbons (Fsp3) is 0.650. The smallest absolute Gasteiger partial charge is 0.306 e. The van der Waals surface area contributed by atoms with Crippen LogP contribution in [0.4, 0.5) is 0 Å². The van der Waals surface area contributed by atoms with Gasteiger partial charge in [0.25, 0.3) is 0 Å². The van der Waals surface area contributed by atoms with Crippen LogP contribution in [0, 0.1) is 0 Å². The molecule has 0 aliphatic heterocycles. The molecule has 9 heteroatoms. The zero-order valence-electron chi connectivity index (χ0n) is 44.4. The molecule has 0 rings (SSSR count). The van der Waals surface area contributed by atoms with Crippen molar-refractivity contribution < 1.29 is 42.9 Å². The highest BCUT2D eigenvalue weighted by atomic mass is 16.7. The highest BCUT2D eigenvalue weighted by Crippen LogP contribution is 2.14. The maximum absolute atomic E-state index is 12.8. The number of esters is 2. The third kappa shape index (κ3) is 51.6. The number of unbranched alkanes of at least 4 members (excludes halogenated alkanes) is 15. The largest absolute Gasteiger partial charge is 0.545 e. The molecule has 0 aromatic heterocycles. The number of carboxylic acid groups (broad SMARTS) is 1. The number of aliphatic carboxylic acids is 1. The Kier molecular flexibility index (Phi) is 47.4. The van der Waals surface area contributed by atoms with Crippen LogP contribution in [0.15, 0.2) is 109 Å². The maximum atomic E-state index is 12.8. The number of carboxylic acids is 1. The lowest BCUT2D eigenvalue weighted by molar-refractivity contribution is -0.870. The van der Waals surface area contributed by atoms with Gasteiger partial charge in [-0.2, -0.15) is 0 Å². The van der Waals surface area contributed by atoms with Crippen molar-refractivity contribution >= 4 is 17.9 Å². The normalized spacial score (nSPS) is 13.7. The Morgan fingerprint density at radius 1 is 0.449 bits per heavy atom. The monoisotopic (exact) mass is 962 g/mol. The Morgan fingerprint density at radius 3 is 1.23 bits per heavy atom. The van der Waals surface area contributed by atoms with Crippen LogP contribution >= 0.6 is 0 Å². The van der Waals surface area contributed by atoms with Crippen LogP contribution < -0.4 is 5.11 Å². The Labute approximate surface area is 422 Å². The van der Waals surface area contributed by atoms with Gasteiger partial charge in [-0.15, -0.1) is 0 Å². The third-order valence-corrected chi connectivity index (χ3v) is 11.0. The Bertz CT molecular complexity index is 1490. The fourth-order valence-corrected chi connectivity index (χ4v) is 6.85. The van der Waals surface area contributed by atoms with Crippen molar-refractivity contribution in [3.8, 4) is 0 Å². The van der Waals surface area contributed by atoms with E-state index >= 15 is 0 Å². The molecule has 0 aliphatic rings. The van der Waals surface area contributed by atoms with Crippen molar-refractivity contribution in [2.75, 3.05) is 47.5 Å². The molecule has 0 spiro atoms. The second-order valence-corrected chi connectivity index (χ2v) is 18.8. The van der Waals surface area contributed by atoms with Gasteiger partial charge in [0.1, 0.15) is 13.2 Å². The van der Waals surface area contributed by atoms with Gasteiger partial charge in [0, 0.05) is 12.8 Å². The van der Waals surface area contributed by atoms with Gasteiger partial charge in [-0.1, -0.05) is 194 Å². The topological polar surface area (TPSA) is 111 Å². The fourth-order valence-electron chi connectivity index (χ4n) is 6.85. The van der Waals surface area contributed by atoms with Crippen molar-refractivity contribution in [3.05, 3.63) is 109 Å². The van der Waals surface area contributed by atoms with E-state index < -0.39 is 24.3 Å². The molecule has 69 heavy (non-hydrogen) atoms. The number of quaternary nitrogens is 1. The van der Waals surface area contributed by atoms with E-state index in [-0.39, 0.29) is 38.6 Å². The molecule has 2 unspecified atom stereocenters. The number of carbonyl (C=O) groups excluding carboxylic acids is 3. The van der Waals surface area contributed by atoms with Crippen LogP contribution in [-0.4, -0.2) is 82.3 Å². The Hall–Kier alpha value is -4.05. The molecule has 0 amide bonds. The number of nitrogens with zero attached hydrogens (tertiary/aromatic N) is 1. The first-order chi connectivity index (χ1) is 33.6. The van der Waals surface area contributed by atoms with Crippen LogP contribution in [0.1, 0.15) is 194 Å². The van der Waals surface area contributed by atoms with Gasteiger partial charge in [-0.05, 0) is 96.3 Å². The zero-order valence-corrected chi connectivity index (χ0v) is 44.4. The van der Waals surface area contributed by atoms with E-state index in [4.69, 9.17) is 18.9 Å². The number of likely N-dealkylation sites (N-methyl/N-ethyl adjacent to an activating group) is 1. The van der Waals surface area contributed by atoms with Crippen LogP contribution in [0.3, 0.4) is 0 Å². The predicted molar refractivity (Wildman–Crippen MR) is 287 cm³/mol. The van der Waals surface area contributed by atoms with Crippen molar-refractivity contribution in [1.29, 1.82) is 0 Å². The third-order valence-electron chi connectivity index (χ3n) is 11.0. The SMILES string of the molecule is CC/C=C\C/C=C\C/C=C\C/C=C\C/C=C\C/C=C\C/C=C\CCCCCCCCCCCC(=O)OC(COC(=O)CCCCCCC/C=C\C/C=C\CCC)COC(OCC[N+](C)(C)C)C(=O)[O-]. The quantitative estimate of drug-likeness (QED) is 0.0195. The van der Waals surface area contributed by atoms with Gasteiger partial charge in [0.05, 0.1) is 40.3 Å². The van der Waals surface area contributed by atoms with Gasteiger partial charge in [-0.3, -0.25) is 9.59 Å². The number of hydrogen-bond donors (Lipinski definition) is 0. The van der Waals surface area contributed by atoms with E-state index in [1.165, 1.54) is 38.5 Å². The molecule has 9 nitrogen and oxygen atoms in total. The summed E-state index contributed by atoms with van der Waals surface area (Å²) in [5.74, 6) is -2.32. The first-order valence-electron chi connectivity index (χ1n) is 27.0. The Morgan fingerprint density at radius 2 is 0.826 bits per heavy atom. The molecule has 0 fully saturated rings. The number of ether oxygens (including phenoxy) is 4. The molecule has 0 aromatic carbocycles. The molecule has 0 N–H and O–H groups in total. The van der Waals surface area contributed by atoms with E-state index in [9.17, 15) is 19.5 Å². The van der Waals surface area contributed by atoms with Crippen LogP contribution in [0.25, 0.3) is 0 Å². The first kappa shape index (κ1) is 65.0. The van der Waals surface area contributed by atoms with E-state index in [2.05, 4.69) is 123 Å². The average Bonchev–Trinajstić information content (AvgIpc) is 3.31. The molecular formula is C60H99NO8. The molecule has 0 aliphatic carbocycles. The summed E-state index contributed by atoms with van der Waals surface area (Å²) in [6, 6.07) is 0. The summed E-state index contributed by atoms with van der Waals surface area (Å²) >= 11 is 0. The molecule has 0 aromatic rings. The van der Waals surface area contributed by atoms with E-state index in [1.807, 2.05) is 21.1 Å².